The zero-order chi connectivity index (χ0) is 12.7. The van der Waals surface area contributed by atoms with Gasteiger partial charge in [0, 0.05) is 11.5 Å². The molecule has 0 spiro atoms. The van der Waals surface area contributed by atoms with Crippen LogP contribution in [0.4, 0.5) is 4.39 Å². The average Bonchev–Trinajstić information content (AvgIpc) is 3.06. The zero-order valence-corrected chi connectivity index (χ0v) is 9.39. The summed E-state index contributed by atoms with van der Waals surface area (Å²) in [6.45, 7) is 0. The first-order valence-electron chi connectivity index (χ1n) is 5.58. The fourth-order valence-electron chi connectivity index (χ4n) is 1.69. The van der Waals surface area contributed by atoms with E-state index in [0.29, 0.717) is 17.4 Å². The van der Waals surface area contributed by atoms with Crippen LogP contribution in [0, 0.1) is 5.82 Å². The lowest BCUT2D eigenvalue weighted by molar-refractivity contribution is 0.0996. The summed E-state index contributed by atoms with van der Waals surface area (Å²) in [5, 5.41) is 7.77. The maximum atomic E-state index is 13.6. The van der Waals surface area contributed by atoms with Crippen molar-refractivity contribution in [1.29, 1.82) is 0 Å². The molecular weight excluding hydrogens is 237 g/mol. The number of hydrogen-bond acceptors (Lipinski definition) is 4. The molecule has 1 aliphatic carbocycles. The summed E-state index contributed by atoms with van der Waals surface area (Å²) in [6.07, 6.45) is 2.10. The summed E-state index contributed by atoms with van der Waals surface area (Å²) in [5.74, 6) is -0.299. The van der Waals surface area contributed by atoms with Crippen LogP contribution in [-0.2, 0) is 0 Å². The molecule has 0 saturated heterocycles. The van der Waals surface area contributed by atoms with Crippen molar-refractivity contribution in [2.45, 2.75) is 18.8 Å². The Morgan fingerprint density at radius 1 is 1.39 bits per heavy atom. The molecule has 2 aromatic rings. The first-order valence-corrected chi connectivity index (χ1v) is 5.58. The van der Waals surface area contributed by atoms with Crippen molar-refractivity contribution >= 4 is 5.91 Å². The molecule has 1 aromatic carbocycles. The number of nitrogens with two attached hydrogens (primary N) is 1. The number of aromatic nitrogens is 2. The first kappa shape index (κ1) is 10.9. The first-order chi connectivity index (χ1) is 8.65. The van der Waals surface area contributed by atoms with E-state index in [9.17, 15) is 9.18 Å². The molecule has 0 unspecified atom stereocenters. The SMILES string of the molecule is NC(=O)c1ccc(-c2nnc(C3CC3)o2)cc1F. The number of carbonyl (C=O) groups is 1. The van der Waals surface area contributed by atoms with Crippen molar-refractivity contribution < 1.29 is 13.6 Å². The molecule has 1 fully saturated rings. The largest absolute Gasteiger partial charge is 0.420 e. The van der Waals surface area contributed by atoms with E-state index in [4.69, 9.17) is 10.2 Å². The number of rotatable bonds is 3. The predicted molar refractivity (Wildman–Crippen MR) is 60.2 cm³/mol. The van der Waals surface area contributed by atoms with Gasteiger partial charge in [0.05, 0.1) is 5.56 Å². The Balaban J connectivity index is 1.95. The van der Waals surface area contributed by atoms with Crippen LogP contribution in [0.1, 0.15) is 35.0 Å². The standard InChI is InChI=1S/C12H10FN3O2/c13-9-5-7(3-4-8(9)10(14)17)12-16-15-11(18-12)6-1-2-6/h3-6H,1-2H2,(H2,14,17). The summed E-state index contributed by atoms with van der Waals surface area (Å²) in [4.78, 5) is 10.9. The van der Waals surface area contributed by atoms with Crippen molar-refractivity contribution in [3.63, 3.8) is 0 Å². The van der Waals surface area contributed by atoms with Gasteiger partial charge in [-0.3, -0.25) is 4.79 Å². The number of nitrogens with zero attached hydrogens (tertiary/aromatic N) is 2. The van der Waals surface area contributed by atoms with Crippen molar-refractivity contribution in [2.75, 3.05) is 0 Å². The maximum Gasteiger partial charge on any atom is 0.251 e. The lowest BCUT2D eigenvalue weighted by Crippen LogP contribution is -2.12. The van der Waals surface area contributed by atoms with Crippen molar-refractivity contribution in [3.05, 3.63) is 35.5 Å². The molecule has 18 heavy (non-hydrogen) atoms. The van der Waals surface area contributed by atoms with E-state index in [1.165, 1.54) is 18.2 Å². The smallest absolute Gasteiger partial charge is 0.251 e. The van der Waals surface area contributed by atoms with Crippen molar-refractivity contribution in [3.8, 4) is 11.5 Å². The Kier molecular flexibility index (Phi) is 2.36. The summed E-state index contributed by atoms with van der Waals surface area (Å²) in [6, 6.07) is 4.02. The van der Waals surface area contributed by atoms with Gasteiger partial charge in [0.25, 0.3) is 5.91 Å². The van der Waals surface area contributed by atoms with Gasteiger partial charge in [-0.15, -0.1) is 10.2 Å². The van der Waals surface area contributed by atoms with Crippen molar-refractivity contribution in [1.82, 2.24) is 10.2 Å². The second kappa shape index (κ2) is 3.90. The third-order valence-electron chi connectivity index (χ3n) is 2.85. The lowest BCUT2D eigenvalue weighted by atomic mass is 10.1. The molecule has 2 N–H and O–H groups in total. The summed E-state index contributed by atoms with van der Waals surface area (Å²) >= 11 is 0. The molecule has 6 heteroatoms. The van der Waals surface area contributed by atoms with Crippen LogP contribution in [0.15, 0.2) is 22.6 Å². The Hall–Kier alpha value is -2.24. The van der Waals surface area contributed by atoms with Gasteiger partial charge in [-0.2, -0.15) is 0 Å². The third kappa shape index (κ3) is 1.85. The molecular formula is C12H10FN3O2. The Bertz CT molecular complexity index is 620. The Morgan fingerprint density at radius 2 is 2.17 bits per heavy atom. The third-order valence-corrected chi connectivity index (χ3v) is 2.85. The molecule has 5 nitrogen and oxygen atoms in total. The number of halogens is 1. The van der Waals surface area contributed by atoms with Gasteiger partial charge in [0.1, 0.15) is 5.82 Å². The van der Waals surface area contributed by atoms with Gasteiger partial charge in [0.15, 0.2) is 0 Å². The fourth-order valence-corrected chi connectivity index (χ4v) is 1.69. The quantitative estimate of drug-likeness (QED) is 0.897. The molecule has 0 atom stereocenters. The minimum absolute atomic E-state index is 0.152. The van der Waals surface area contributed by atoms with Crippen LogP contribution in [-0.4, -0.2) is 16.1 Å². The average molecular weight is 247 g/mol. The van der Waals surface area contributed by atoms with Crippen LogP contribution in [0.5, 0.6) is 0 Å². The number of hydrogen-bond donors (Lipinski definition) is 1. The second-order valence-corrected chi connectivity index (χ2v) is 4.28. The van der Waals surface area contributed by atoms with Crippen LogP contribution >= 0.6 is 0 Å². The van der Waals surface area contributed by atoms with Crippen LogP contribution in [0.25, 0.3) is 11.5 Å². The van der Waals surface area contributed by atoms with Crippen molar-refractivity contribution in [2.24, 2.45) is 5.73 Å². The number of benzene rings is 1. The number of primary amides is 1. The highest BCUT2D eigenvalue weighted by molar-refractivity contribution is 5.93. The van der Waals surface area contributed by atoms with Crippen LogP contribution in [0.3, 0.4) is 0 Å². The van der Waals surface area contributed by atoms with Crippen LogP contribution in [0.2, 0.25) is 0 Å². The van der Waals surface area contributed by atoms with E-state index in [0.717, 1.165) is 12.8 Å². The minimum atomic E-state index is -0.803. The second-order valence-electron chi connectivity index (χ2n) is 4.28. The van der Waals surface area contributed by atoms with E-state index < -0.39 is 11.7 Å². The molecule has 3 rings (SSSR count). The lowest BCUT2D eigenvalue weighted by Gasteiger charge is -1.99. The van der Waals surface area contributed by atoms with Crippen LogP contribution < -0.4 is 5.73 Å². The highest BCUT2D eigenvalue weighted by atomic mass is 19.1. The molecule has 1 aromatic heterocycles. The molecule has 1 saturated carbocycles. The maximum absolute atomic E-state index is 13.6. The topological polar surface area (TPSA) is 82.0 Å². The molecule has 1 aliphatic rings. The van der Waals surface area contributed by atoms with Gasteiger partial charge in [-0.25, -0.2) is 4.39 Å². The number of carbonyl (C=O) groups excluding carboxylic acids is 1. The van der Waals surface area contributed by atoms with Gasteiger partial charge in [-0.05, 0) is 31.0 Å². The van der Waals surface area contributed by atoms with Gasteiger partial charge < -0.3 is 10.2 Å². The predicted octanol–water partition coefficient (Wildman–Crippen LogP) is 1.85. The van der Waals surface area contributed by atoms with Gasteiger partial charge >= 0.3 is 0 Å². The molecule has 92 valence electrons. The molecule has 0 aliphatic heterocycles. The van der Waals surface area contributed by atoms with Gasteiger partial charge in [0.2, 0.25) is 11.8 Å². The summed E-state index contributed by atoms with van der Waals surface area (Å²) < 4.78 is 19.0. The van der Waals surface area contributed by atoms with E-state index in [2.05, 4.69) is 10.2 Å². The minimum Gasteiger partial charge on any atom is -0.420 e. The van der Waals surface area contributed by atoms with E-state index in [-0.39, 0.29) is 11.5 Å². The molecule has 0 bridgehead atoms. The zero-order valence-electron chi connectivity index (χ0n) is 9.39. The molecule has 1 amide bonds. The molecule has 1 heterocycles. The summed E-state index contributed by atoms with van der Waals surface area (Å²) in [7, 11) is 0. The van der Waals surface area contributed by atoms with E-state index in [1.807, 2.05) is 0 Å². The fraction of sp³-hybridized carbons (Fsp3) is 0.250. The van der Waals surface area contributed by atoms with E-state index >= 15 is 0 Å². The van der Waals surface area contributed by atoms with Gasteiger partial charge in [-0.1, -0.05) is 0 Å². The molecule has 0 radical (unpaired) electrons. The summed E-state index contributed by atoms with van der Waals surface area (Å²) in [5.41, 5.74) is 5.31. The highest BCUT2D eigenvalue weighted by Gasteiger charge is 2.29. The van der Waals surface area contributed by atoms with E-state index in [1.54, 1.807) is 0 Å². The Morgan fingerprint density at radius 3 is 2.78 bits per heavy atom. The number of amides is 1. The normalized spacial score (nSPS) is 14.7. The Labute approximate surface area is 102 Å². The monoisotopic (exact) mass is 247 g/mol. The highest BCUT2D eigenvalue weighted by Crippen LogP contribution is 2.39.